The normalized spacial score (nSPS) is 16.3. The number of amides is 1. The molecule has 1 aliphatic rings. The number of hydrogen-bond donors (Lipinski definition) is 1. The first kappa shape index (κ1) is 18.7. The molecule has 0 unspecified atom stereocenters. The Morgan fingerprint density at radius 2 is 2.17 bits per heavy atom. The summed E-state index contributed by atoms with van der Waals surface area (Å²) in [6.07, 6.45) is 1.61. The molecule has 0 saturated carbocycles. The van der Waals surface area contributed by atoms with Gasteiger partial charge in [-0.15, -0.1) is 0 Å². The van der Waals surface area contributed by atoms with Crippen LogP contribution in [0.2, 0.25) is 0 Å². The van der Waals surface area contributed by atoms with Gasteiger partial charge in [0.1, 0.15) is 0 Å². The van der Waals surface area contributed by atoms with E-state index < -0.39 is 5.79 Å². The van der Waals surface area contributed by atoms with Crippen molar-refractivity contribution in [3.63, 3.8) is 0 Å². The number of carbonyl (C=O) groups excluding carboxylic acids is 1. The Balaban J connectivity index is 1.98. The van der Waals surface area contributed by atoms with E-state index in [0.717, 1.165) is 10.0 Å². The summed E-state index contributed by atoms with van der Waals surface area (Å²) >= 11 is 3.44. The quantitative estimate of drug-likeness (QED) is 0.561. The van der Waals surface area contributed by atoms with E-state index in [4.69, 9.17) is 18.9 Å². The van der Waals surface area contributed by atoms with Crippen LogP contribution in [0.15, 0.2) is 21.7 Å². The molecule has 0 aromatic heterocycles. The van der Waals surface area contributed by atoms with E-state index in [9.17, 15) is 4.79 Å². The second-order valence-electron chi connectivity index (χ2n) is 5.27. The molecule has 24 heavy (non-hydrogen) atoms. The predicted molar refractivity (Wildman–Crippen MR) is 92.5 cm³/mol. The lowest BCUT2D eigenvalue weighted by atomic mass is 10.2. The molecule has 1 fully saturated rings. The topological polar surface area (TPSA) is 78.4 Å². The van der Waals surface area contributed by atoms with Gasteiger partial charge in [-0.2, -0.15) is 5.10 Å². The van der Waals surface area contributed by atoms with Gasteiger partial charge in [0.15, 0.2) is 17.3 Å². The Kier molecular flexibility index (Phi) is 6.59. The molecule has 1 amide bonds. The highest BCUT2D eigenvalue weighted by Gasteiger charge is 2.33. The maximum atomic E-state index is 11.9. The average molecular weight is 401 g/mol. The molecule has 1 saturated heterocycles. The maximum absolute atomic E-state index is 11.9. The van der Waals surface area contributed by atoms with Gasteiger partial charge < -0.3 is 18.9 Å². The summed E-state index contributed by atoms with van der Waals surface area (Å²) in [6.45, 7) is 5.15. The fourth-order valence-corrected chi connectivity index (χ4v) is 2.84. The highest BCUT2D eigenvalue weighted by atomic mass is 79.9. The molecule has 0 aliphatic carbocycles. The maximum Gasteiger partial charge on any atom is 0.245 e. The summed E-state index contributed by atoms with van der Waals surface area (Å²) in [5.41, 5.74) is 3.21. The van der Waals surface area contributed by atoms with Crippen LogP contribution < -0.4 is 14.9 Å². The Morgan fingerprint density at radius 3 is 2.79 bits per heavy atom. The molecule has 1 aliphatic heterocycles. The van der Waals surface area contributed by atoms with Gasteiger partial charge in [-0.1, -0.05) is 0 Å². The summed E-state index contributed by atoms with van der Waals surface area (Å²) in [5, 5.41) is 3.95. The van der Waals surface area contributed by atoms with Crippen molar-refractivity contribution in [1.82, 2.24) is 5.43 Å². The van der Waals surface area contributed by atoms with Gasteiger partial charge in [-0.3, -0.25) is 4.79 Å². The number of halogens is 1. The fourth-order valence-electron chi connectivity index (χ4n) is 2.27. The highest BCUT2D eigenvalue weighted by Crippen LogP contribution is 2.36. The molecule has 0 spiro atoms. The second-order valence-corrected chi connectivity index (χ2v) is 6.12. The van der Waals surface area contributed by atoms with Crippen molar-refractivity contribution < 1.29 is 23.7 Å². The average Bonchev–Trinajstić information content (AvgIpc) is 2.95. The molecular weight excluding hydrogens is 380 g/mol. The monoisotopic (exact) mass is 400 g/mol. The predicted octanol–water partition coefficient (Wildman–Crippen LogP) is 2.46. The summed E-state index contributed by atoms with van der Waals surface area (Å²) < 4.78 is 22.4. The molecule has 132 valence electrons. The fraction of sp³-hybridized carbons (Fsp3) is 0.500. The molecule has 7 nitrogen and oxygen atoms in total. The van der Waals surface area contributed by atoms with E-state index in [1.54, 1.807) is 20.1 Å². The standard InChI is InChI=1S/C16H21BrN2O5/c1-4-22-15-12(17)7-11(8-13(15)21-3)10-18-19-14(20)9-16(2)23-5-6-24-16/h7-8,10H,4-6,9H2,1-3H3,(H,19,20)/b18-10+. The molecule has 0 bridgehead atoms. The van der Waals surface area contributed by atoms with Crippen molar-refractivity contribution in [3.8, 4) is 11.5 Å². The van der Waals surface area contributed by atoms with Gasteiger partial charge in [0, 0.05) is 0 Å². The minimum atomic E-state index is -0.870. The van der Waals surface area contributed by atoms with Gasteiger partial charge in [-0.05, 0) is 47.5 Å². The number of benzene rings is 1. The van der Waals surface area contributed by atoms with E-state index in [-0.39, 0.29) is 12.3 Å². The van der Waals surface area contributed by atoms with Crippen molar-refractivity contribution in [2.24, 2.45) is 5.10 Å². The summed E-state index contributed by atoms with van der Waals surface area (Å²) in [6, 6.07) is 3.60. The minimum absolute atomic E-state index is 0.0840. The number of rotatable bonds is 7. The third kappa shape index (κ3) is 4.93. The van der Waals surface area contributed by atoms with Gasteiger partial charge in [0.2, 0.25) is 5.91 Å². The Hall–Kier alpha value is -1.64. The lowest BCUT2D eigenvalue weighted by Crippen LogP contribution is -2.33. The van der Waals surface area contributed by atoms with E-state index in [1.165, 1.54) is 6.21 Å². The smallest absolute Gasteiger partial charge is 0.245 e. The van der Waals surface area contributed by atoms with Crippen LogP contribution in [0.25, 0.3) is 0 Å². The molecule has 8 heteroatoms. The van der Waals surface area contributed by atoms with Gasteiger partial charge in [-0.25, -0.2) is 5.43 Å². The third-order valence-corrected chi connectivity index (χ3v) is 3.91. The number of hydrogen-bond acceptors (Lipinski definition) is 6. The van der Waals surface area contributed by atoms with Crippen LogP contribution in [0.4, 0.5) is 0 Å². The zero-order chi connectivity index (χ0) is 17.6. The van der Waals surface area contributed by atoms with Crippen LogP contribution in [0.3, 0.4) is 0 Å². The molecule has 0 radical (unpaired) electrons. The third-order valence-electron chi connectivity index (χ3n) is 3.32. The lowest BCUT2D eigenvalue weighted by molar-refractivity contribution is -0.159. The van der Waals surface area contributed by atoms with Crippen molar-refractivity contribution in [3.05, 3.63) is 22.2 Å². The van der Waals surface area contributed by atoms with E-state index in [2.05, 4.69) is 26.5 Å². The first-order chi connectivity index (χ1) is 11.5. The first-order valence-corrected chi connectivity index (χ1v) is 8.37. The molecule has 1 aromatic rings. The number of nitrogens with zero attached hydrogens (tertiary/aromatic N) is 1. The van der Waals surface area contributed by atoms with E-state index in [0.29, 0.717) is 31.3 Å². The van der Waals surface area contributed by atoms with Crippen molar-refractivity contribution in [2.45, 2.75) is 26.1 Å². The summed E-state index contributed by atoms with van der Waals surface area (Å²) in [4.78, 5) is 11.9. The SMILES string of the molecule is CCOc1c(Br)cc(/C=N/NC(=O)CC2(C)OCCO2)cc1OC. The molecule has 1 heterocycles. The summed E-state index contributed by atoms with van der Waals surface area (Å²) in [5.74, 6) is 0.0573. The first-order valence-electron chi connectivity index (χ1n) is 7.57. The number of carbonyl (C=O) groups is 1. The molecule has 2 rings (SSSR count). The number of ether oxygens (including phenoxy) is 4. The van der Waals surface area contributed by atoms with Crippen LogP contribution in [0, 0.1) is 0 Å². The largest absolute Gasteiger partial charge is 0.493 e. The number of methoxy groups -OCH3 is 1. The molecule has 1 N–H and O–H groups in total. The van der Waals surface area contributed by atoms with Gasteiger partial charge in [0.25, 0.3) is 0 Å². The Morgan fingerprint density at radius 1 is 1.46 bits per heavy atom. The summed E-state index contributed by atoms with van der Waals surface area (Å²) in [7, 11) is 1.56. The lowest BCUT2D eigenvalue weighted by Gasteiger charge is -2.20. The number of nitrogens with one attached hydrogen (secondary N) is 1. The van der Waals surface area contributed by atoms with Crippen molar-refractivity contribution in [2.75, 3.05) is 26.9 Å². The Bertz CT molecular complexity index is 615. The van der Waals surface area contributed by atoms with Crippen LogP contribution in [0.1, 0.15) is 25.8 Å². The van der Waals surface area contributed by atoms with Crippen molar-refractivity contribution >= 4 is 28.1 Å². The van der Waals surface area contributed by atoms with Gasteiger partial charge >= 0.3 is 0 Å². The van der Waals surface area contributed by atoms with Crippen LogP contribution in [-0.4, -0.2) is 44.8 Å². The highest BCUT2D eigenvalue weighted by molar-refractivity contribution is 9.10. The zero-order valence-corrected chi connectivity index (χ0v) is 15.5. The van der Waals surface area contributed by atoms with Gasteiger partial charge in [0.05, 0.1) is 44.0 Å². The number of hydrazone groups is 1. The molecule has 0 atom stereocenters. The van der Waals surface area contributed by atoms with Crippen LogP contribution in [-0.2, 0) is 14.3 Å². The second kappa shape index (κ2) is 8.46. The van der Waals surface area contributed by atoms with Crippen molar-refractivity contribution in [1.29, 1.82) is 0 Å². The molecular formula is C16H21BrN2O5. The Labute approximate surface area is 149 Å². The van der Waals surface area contributed by atoms with Crippen LogP contribution in [0.5, 0.6) is 11.5 Å². The van der Waals surface area contributed by atoms with E-state index in [1.807, 2.05) is 13.0 Å². The zero-order valence-electron chi connectivity index (χ0n) is 13.9. The van der Waals surface area contributed by atoms with Crippen LogP contribution >= 0.6 is 15.9 Å². The molecule has 1 aromatic carbocycles. The minimum Gasteiger partial charge on any atom is -0.493 e. The van der Waals surface area contributed by atoms with E-state index >= 15 is 0 Å².